The largest absolute Gasteiger partial charge is 0.354 e. The summed E-state index contributed by atoms with van der Waals surface area (Å²) in [5, 5.41) is 13.2. The van der Waals surface area contributed by atoms with E-state index in [0.717, 1.165) is 11.7 Å². The van der Waals surface area contributed by atoms with Crippen molar-refractivity contribution in [1.29, 1.82) is 0 Å². The first kappa shape index (κ1) is 7.63. The second-order valence-corrected chi connectivity index (χ2v) is 3.87. The zero-order valence-electron chi connectivity index (χ0n) is 6.10. The lowest BCUT2D eigenvalue weighted by molar-refractivity contribution is 0.952. The second-order valence-electron chi connectivity index (χ2n) is 2.10. The van der Waals surface area contributed by atoms with Crippen LogP contribution < -0.4 is 5.32 Å². The molecule has 2 aromatic rings. The molecule has 0 bridgehead atoms. The van der Waals surface area contributed by atoms with Crippen molar-refractivity contribution in [2.24, 2.45) is 0 Å². The van der Waals surface area contributed by atoms with Gasteiger partial charge in [-0.3, -0.25) is 0 Å². The fourth-order valence-corrected chi connectivity index (χ4v) is 1.78. The fraction of sp³-hybridized carbons (Fsp3) is 0.167. The summed E-state index contributed by atoms with van der Waals surface area (Å²) < 4.78 is 3.64. The number of hydrogen-bond acceptors (Lipinski definition) is 6. The Hall–Kier alpha value is -1.01. The molecule has 0 amide bonds. The van der Waals surface area contributed by atoms with Gasteiger partial charge in [0.2, 0.25) is 5.13 Å². The molecule has 0 aromatic carbocycles. The van der Waals surface area contributed by atoms with Crippen LogP contribution in [0.25, 0.3) is 0 Å². The minimum Gasteiger partial charge on any atom is -0.354 e. The quantitative estimate of drug-likeness (QED) is 0.814. The average molecular weight is 198 g/mol. The summed E-state index contributed by atoms with van der Waals surface area (Å²) in [6.07, 6.45) is 0. The molecule has 2 rings (SSSR count). The van der Waals surface area contributed by atoms with E-state index in [2.05, 4.69) is 31.6 Å². The highest BCUT2D eigenvalue weighted by molar-refractivity contribution is 7.10. The maximum absolute atomic E-state index is 3.77. The lowest BCUT2D eigenvalue weighted by Crippen LogP contribution is -1.96. The Morgan fingerprint density at radius 1 is 1.50 bits per heavy atom. The minimum atomic E-state index is 0.767. The van der Waals surface area contributed by atoms with E-state index in [1.807, 2.05) is 6.07 Å². The third-order valence-corrected chi connectivity index (χ3v) is 2.72. The molecule has 1 N–H and O–H groups in total. The van der Waals surface area contributed by atoms with Crippen LogP contribution in [0, 0.1) is 0 Å². The Labute approximate surface area is 77.4 Å². The van der Waals surface area contributed by atoms with Crippen LogP contribution in [0.5, 0.6) is 0 Å². The number of anilines is 1. The predicted octanol–water partition coefficient (Wildman–Crippen LogP) is 1.61. The normalized spacial score (nSPS) is 10.0. The van der Waals surface area contributed by atoms with Crippen molar-refractivity contribution in [2.75, 3.05) is 5.32 Å². The Balaban J connectivity index is 1.91. The summed E-state index contributed by atoms with van der Waals surface area (Å²) >= 11 is 2.98. The molecule has 0 fully saturated rings. The van der Waals surface area contributed by atoms with Crippen LogP contribution in [0.2, 0.25) is 0 Å². The molecular weight excluding hydrogens is 192 g/mol. The van der Waals surface area contributed by atoms with Gasteiger partial charge in [0.1, 0.15) is 0 Å². The molecule has 0 saturated heterocycles. The van der Waals surface area contributed by atoms with Crippen LogP contribution >= 0.6 is 22.9 Å². The molecule has 0 spiro atoms. The first-order chi connectivity index (χ1) is 5.95. The Bertz CT molecular complexity index is 281. The Kier molecular flexibility index (Phi) is 2.28. The van der Waals surface area contributed by atoms with Crippen LogP contribution in [-0.2, 0) is 6.54 Å². The summed E-state index contributed by atoms with van der Waals surface area (Å²) in [5.74, 6) is 0. The van der Waals surface area contributed by atoms with Gasteiger partial charge in [0.25, 0.3) is 0 Å². The highest BCUT2D eigenvalue weighted by Gasteiger charge is 1.97. The first-order valence-corrected chi connectivity index (χ1v) is 5.02. The van der Waals surface area contributed by atoms with Crippen molar-refractivity contribution >= 4 is 28.0 Å². The standard InChI is InChI=1S/C6H6N4S2/c1-2-5(11-3-1)4-7-6-8-9-10-12-6/h1-3H,4H2,(H,7,8,10). The zero-order valence-corrected chi connectivity index (χ0v) is 7.73. The number of thiophene rings is 1. The van der Waals surface area contributed by atoms with Gasteiger partial charge in [-0.05, 0) is 16.7 Å². The van der Waals surface area contributed by atoms with Gasteiger partial charge < -0.3 is 5.32 Å². The molecule has 0 radical (unpaired) electrons. The van der Waals surface area contributed by atoms with Gasteiger partial charge >= 0.3 is 0 Å². The van der Waals surface area contributed by atoms with E-state index in [1.54, 1.807) is 11.3 Å². The van der Waals surface area contributed by atoms with Crippen molar-refractivity contribution in [1.82, 2.24) is 14.8 Å². The number of hydrogen-bond donors (Lipinski definition) is 1. The van der Waals surface area contributed by atoms with Crippen LogP contribution in [0.15, 0.2) is 17.5 Å². The lowest BCUT2D eigenvalue weighted by Gasteiger charge is -1.95. The average Bonchev–Trinajstić information content (AvgIpc) is 2.74. The molecule has 0 aliphatic heterocycles. The van der Waals surface area contributed by atoms with Crippen molar-refractivity contribution < 1.29 is 0 Å². The topological polar surface area (TPSA) is 50.7 Å². The molecule has 2 heterocycles. The SMILES string of the molecule is c1csc(CNc2nnns2)c1. The van der Waals surface area contributed by atoms with E-state index >= 15 is 0 Å². The first-order valence-electron chi connectivity index (χ1n) is 3.36. The monoisotopic (exact) mass is 198 g/mol. The van der Waals surface area contributed by atoms with Crippen LogP contribution in [0.4, 0.5) is 5.13 Å². The summed E-state index contributed by atoms with van der Waals surface area (Å²) in [6, 6.07) is 4.10. The Morgan fingerprint density at radius 2 is 2.50 bits per heavy atom. The molecule has 4 nitrogen and oxygen atoms in total. The smallest absolute Gasteiger partial charge is 0.225 e. The molecule has 6 heteroatoms. The van der Waals surface area contributed by atoms with Gasteiger partial charge in [-0.15, -0.1) is 11.3 Å². The Morgan fingerprint density at radius 3 is 3.17 bits per heavy atom. The van der Waals surface area contributed by atoms with Gasteiger partial charge in [-0.25, -0.2) is 0 Å². The van der Waals surface area contributed by atoms with Crippen LogP contribution in [-0.4, -0.2) is 14.8 Å². The van der Waals surface area contributed by atoms with Gasteiger partial charge in [-0.1, -0.05) is 15.7 Å². The predicted molar refractivity (Wildman–Crippen MR) is 49.3 cm³/mol. The van der Waals surface area contributed by atoms with Crippen molar-refractivity contribution in [3.8, 4) is 0 Å². The van der Waals surface area contributed by atoms with E-state index in [1.165, 1.54) is 16.4 Å². The van der Waals surface area contributed by atoms with Gasteiger partial charge in [-0.2, -0.15) is 0 Å². The molecular formula is C6H6N4S2. The fourth-order valence-electron chi connectivity index (χ4n) is 0.778. The number of rotatable bonds is 3. The van der Waals surface area contributed by atoms with E-state index in [-0.39, 0.29) is 0 Å². The van der Waals surface area contributed by atoms with Crippen molar-refractivity contribution in [3.05, 3.63) is 22.4 Å². The van der Waals surface area contributed by atoms with E-state index < -0.39 is 0 Å². The number of aromatic nitrogens is 3. The van der Waals surface area contributed by atoms with E-state index in [4.69, 9.17) is 0 Å². The van der Waals surface area contributed by atoms with Gasteiger partial charge in [0.15, 0.2) is 0 Å². The highest BCUT2D eigenvalue weighted by atomic mass is 32.1. The molecule has 0 unspecified atom stereocenters. The second kappa shape index (κ2) is 3.59. The van der Waals surface area contributed by atoms with E-state index in [9.17, 15) is 0 Å². The van der Waals surface area contributed by atoms with Gasteiger partial charge in [0, 0.05) is 16.4 Å². The number of nitrogens with one attached hydrogen (secondary N) is 1. The third kappa shape index (κ3) is 1.77. The summed E-state index contributed by atoms with van der Waals surface area (Å²) in [7, 11) is 0. The van der Waals surface area contributed by atoms with Gasteiger partial charge in [0.05, 0.1) is 6.54 Å². The molecule has 2 aromatic heterocycles. The molecule has 12 heavy (non-hydrogen) atoms. The highest BCUT2D eigenvalue weighted by Crippen LogP contribution is 2.12. The van der Waals surface area contributed by atoms with Crippen molar-refractivity contribution in [3.63, 3.8) is 0 Å². The molecule has 0 atom stereocenters. The third-order valence-electron chi connectivity index (χ3n) is 1.29. The lowest BCUT2D eigenvalue weighted by atomic mass is 10.5. The minimum absolute atomic E-state index is 0.767. The maximum Gasteiger partial charge on any atom is 0.225 e. The molecule has 0 saturated carbocycles. The summed E-state index contributed by atoms with van der Waals surface area (Å²) in [6.45, 7) is 0.800. The van der Waals surface area contributed by atoms with Crippen molar-refractivity contribution in [2.45, 2.75) is 6.54 Å². The molecule has 62 valence electrons. The van der Waals surface area contributed by atoms with E-state index in [0.29, 0.717) is 0 Å². The summed E-state index contributed by atoms with van der Waals surface area (Å²) in [4.78, 5) is 1.28. The van der Waals surface area contributed by atoms with Crippen LogP contribution in [0.3, 0.4) is 0 Å². The van der Waals surface area contributed by atoms with Crippen LogP contribution in [0.1, 0.15) is 4.88 Å². The maximum atomic E-state index is 3.77. The molecule has 0 aliphatic rings. The molecule has 0 aliphatic carbocycles. The number of nitrogens with zero attached hydrogens (tertiary/aromatic N) is 3. The summed E-state index contributed by atoms with van der Waals surface area (Å²) in [5.41, 5.74) is 0. The zero-order chi connectivity index (χ0) is 8.23.